The van der Waals surface area contributed by atoms with Crippen LogP contribution in [0.3, 0.4) is 0 Å². The van der Waals surface area contributed by atoms with Crippen molar-refractivity contribution in [2.75, 3.05) is 30.1 Å². The summed E-state index contributed by atoms with van der Waals surface area (Å²) in [7, 11) is 1.13. The minimum absolute atomic E-state index is 0.0739. The van der Waals surface area contributed by atoms with Gasteiger partial charge in [0.25, 0.3) is 0 Å². The van der Waals surface area contributed by atoms with Gasteiger partial charge in [-0.1, -0.05) is 13.8 Å². The maximum Gasteiger partial charge on any atom is 0.491 e. The largest absolute Gasteiger partial charge is 0.494 e. The monoisotopic (exact) mass is 745 g/mol. The SMILES string of the molecule is CCOc1ccc(F)c(C(Nc2ccc3c(N)nccc3c2)C(=O)N[C@H](CC(=O)OC(=O)C(F)(F)F)c2cc(NC(=O)OC)ccc2SC(C)C)c1. The lowest BCUT2D eigenvalue weighted by atomic mass is 9.99. The number of fused-ring (bicyclic) bond motifs is 1. The first-order valence-electron chi connectivity index (χ1n) is 15.7. The molecule has 3 aromatic carbocycles. The summed E-state index contributed by atoms with van der Waals surface area (Å²) >= 11 is 1.28. The van der Waals surface area contributed by atoms with E-state index in [9.17, 15) is 32.3 Å². The van der Waals surface area contributed by atoms with E-state index in [1.807, 2.05) is 13.8 Å². The molecule has 276 valence electrons. The number of rotatable bonds is 13. The van der Waals surface area contributed by atoms with E-state index >= 15 is 4.39 Å². The molecule has 1 aromatic heterocycles. The summed E-state index contributed by atoms with van der Waals surface area (Å²) in [6.45, 7) is 5.63. The minimum atomic E-state index is -5.48. The molecular weight excluding hydrogens is 710 g/mol. The van der Waals surface area contributed by atoms with Gasteiger partial charge in [0.15, 0.2) is 0 Å². The van der Waals surface area contributed by atoms with E-state index in [-0.39, 0.29) is 40.2 Å². The third-order valence-electron chi connectivity index (χ3n) is 7.26. The van der Waals surface area contributed by atoms with Crippen molar-refractivity contribution in [2.45, 2.75) is 55.6 Å². The zero-order valence-electron chi connectivity index (χ0n) is 28.3. The van der Waals surface area contributed by atoms with Gasteiger partial charge in [-0.25, -0.2) is 19.0 Å². The molecule has 12 nitrogen and oxygen atoms in total. The number of nitrogens with one attached hydrogen (secondary N) is 3. The van der Waals surface area contributed by atoms with Gasteiger partial charge in [0.2, 0.25) is 5.91 Å². The summed E-state index contributed by atoms with van der Waals surface area (Å²) in [6.07, 6.45) is -5.82. The number of carbonyl (C=O) groups excluding carboxylic acids is 4. The van der Waals surface area contributed by atoms with Gasteiger partial charge < -0.3 is 30.6 Å². The minimum Gasteiger partial charge on any atom is -0.494 e. The number of anilines is 3. The lowest BCUT2D eigenvalue weighted by molar-refractivity contribution is -0.202. The Morgan fingerprint density at radius 1 is 0.962 bits per heavy atom. The highest BCUT2D eigenvalue weighted by molar-refractivity contribution is 8.00. The first-order valence-corrected chi connectivity index (χ1v) is 16.6. The van der Waals surface area contributed by atoms with E-state index < -0.39 is 54.4 Å². The van der Waals surface area contributed by atoms with Crippen molar-refractivity contribution >= 4 is 63.7 Å². The van der Waals surface area contributed by atoms with Gasteiger partial charge in [0, 0.05) is 38.7 Å². The Bertz CT molecular complexity index is 1960. The fourth-order valence-electron chi connectivity index (χ4n) is 5.03. The third kappa shape index (κ3) is 10.2. The number of pyridine rings is 1. The van der Waals surface area contributed by atoms with Crippen molar-refractivity contribution in [2.24, 2.45) is 0 Å². The zero-order valence-corrected chi connectivity index (χ0v) is 29.1. The lowest BCUT2D eigenvalue weighted by Gasteiger charge is -2.27. The second-order valence-electron chi connectivity index (χ2n) is 11.4. The molecule has 0 spiro atoms. The fraction of sp³-hybridized carbons (Fsp3) is 0.286. The maximum absolute atomic E-state index is 15.6. The van der Waals surface area contributed by atoms with E-state index in [0.29, 0.717) is 21.4 Å². The molecular formula is C35H35F4N5O7S. The molecule has 0 saturated carbocycles. The molecule has 1 heterocycles. The Morgan fingerprint density at radius 3 is 2.37 bits per heavy atom. The van der Waals surface area contributed by atoms with Crippen molar-refractivity contribution < 1.29 is 51.0 Å². The molecule has 4 rings (SSSR count). The summed E-state index contributed by atoms with van der Waals surface area (Å²) in [5.74, 6) is -5.62. The van der Waals surface area contributed by atoms with Gasteiger partial charge in [-0.2, -0.15) is 13.2 Å². The number of thioether (sulfide) groups is 1. The standard InChI is InChI=1S/C35H35F4N5O7S/c1-5-50-22-8-10-26(36)24(16-22)30(42-20-6-9-23-19(14-20)12-13-41-31(23)40)32(46)44-27(17-29(45)51-33(47)35(37,38)39)25-15-21(43-34(48)49-4)7-11-28(25)52-18(2)3/h6-16,18,27,30,42H,5,17H2,1-4H3,(H2,40,41)(H,43,48)(H,44,46)/t27-,30?/m1/s1. The van der Waals surface area contributed by atoms with E-state index in [1.54, 1.807) is 37.3 Å². The van der Waals surface area contributed by atoms with Gasteiger partial charge in [0.05, 0.1) is 26.2 Å². The summed E-state index contributed by atoms with van der Waals surface area (Å²) < 4.78 is 68.9. The molecule has 2 amide bonds. The first-order chi connectivity index (χ1) is 24.6. The first kappa shape index (κ1) is 39.2. The molecule has 0 bridgehead atoms. The highest BCUT2D eigenvalue weighted by Crippen LogP contribution is 2.36. The van der Waals surface area contributed by atoms with Crippen molar-refractivity contribution in [3.05, 3.63) is 83.8 Å². The number of benzene rings is 3. The zero-order chi connectivity index (χ0) is 38.2. The number of hydrogen-bond donors (Lipinski definition) is 4. The summed E-state index contributed by atoms with van der Waals surface area (Å²) in [4.78, 5) is 55.4. The molecule has 1 unspecified atom stereocenters. The van der Waals surface area contributed by atoms with Gasteiger partial charge >= 0.3 is 24.2 Å². The second-order valence-corrected chi connectivity index (χ2v) is 13.0. The maximum atomic E-state index is 15.6. The molecule has 17 heteroatoms. The third-order valence-corrected chi connectivity index (χ3v) is 8.36. The van der Waals surface area contributed by atoms with Crippen LogP contribution in [0.15, 0.2) is 71.8 Å². The van der Waals surface area contributed by atoms with Crippen LogP contribution >= 0.6 is 11.8 Å². The van der Waals surface area contributed by atoms with E-state index in [0.717, 1.165) is 13.2 Å². The van der Waals surface area contributed by atoms with Gasteiger partial charge in [-0.15, -0.1) is 11.8 Å². The summed E-state index contributed by atoms with van der Waals surface area (Å²) in [6, 6.07) is 11.8. The molecule has 0 aliphatic heterocycles. The number of amides is 2. The van der Waals surface area contributed by atoms with E-state index in [1.165, 1.54) is 42.2 Å². The molecule has 0 radical (unpaired) electrons. The second kappa shape index (κ2) is 17.1. The average Bonchev–Trinajstić information content (AvgIpc) is 3.08. The predicted octanol–water partition coefficient (Wildman–Crippen LogP) is 7.07. The van der Waals surface area contributed by atoms with E-state index in [4.69, 9.17) is 10.5 Å². The van der Waals surface area contributed by atoms with Crippen molar-refractivity contribution in [3.63, 3.8) is 0 Å². The molecule has 4 aromatic rings. The van der Waals surface area contributed by atoms with Crippen LogP contribution in [-0.4, -0.2) is 54.1 Å². The number of nitrogen functional groups attached to an aromatic ring is 1. The number of esters is 2. The quantitative estimate of drug-likeness (QED) is 0.0478. The molecule has 2 atom stereocenters. The number of carbonyl (C=O) groups is 4. The molecule has 0 saturated heterocycles. The van der Waals surface area contributed by atoms with Crippen molar-refractivity contribution in [1.29, 1.82) is 0 Å². The van der Waals surface area contributed by atoms with Crippen LogP contribution in [0.4, 0.5) is 39.5 Å². The fourth-order valence-corrected chi connectivity index (χ4v) is 6.03. The van der Waals surface area contributed by atoms with Crippen LogP contribution < -0.4 is 26.4 Å². The van der Waals surface area contributed by atoms with Crippen LogP contribution in [0.1, 0.15) is 50.4 Å². The van der Waals surface area contributed by atoms with Crippen molar-refractivity contribution in [3.8, 4) is 5.75 Å². The van der Waals surface area contributed by atoms with Crippen LogP contribution in [0.2, 0.25) is 0 Å². The molecule has 5 N–H and O–H groups in total. The number of nitrogens with two attached hydrogens (primary N) is 1. The normalized spacial score (nSPS) is 12.5. The smallest absolute Gasteiger partial charge is 0.491 e. The highest BCUT2D eigenvalue weighted by Gasteiger charge is 2.43. The molecule has 0 fully saturated rings. The Hall–Kier alpha value is -5.58. The van der Waals surface area contributed by atoms with Crippen molar-refractivity contribution in [1.82, 2.24) is 10.3 Å². The number of alkyl halides is 3. The Balaban J connectivity index is 1.83. The Labute approximate surface area is 299 Å². The Kier molecular flexibility index (Phi) is 12.9. The summed E-state index contributed by atoms with van der Waals surface area (Å²) in [5.41, 5.74) is 6.46. The number of ether oxygens (including phenoxy) is 3. The van der Waals surface area contributed by atoms with Crippen LogP contribution in [0.5, 0.6) is 5.75 Å². The molecule has 0 aliphatic rings. The lowest BCUT2D eigenvalue weighted by Crippen LogP contribution is -2.38. The number of aromatic nitrogens is 1. The average molecular weight is 746 g/mol. The number of methoxy groups -OCH3 is 1. The van der Waals surface area contributed by atoms with Gasteiger partial charge in [0.1, 0.15) is 23.4 Å². The van der Waals surface area contributed by atoms with Crippen LogP contribution in [0, 0.1) is 5.82 Å². The molecule has 0 aliphatic carbocycles. The van der Waals surface area contributed by atoms with Crippen LogP contribution in [-0.2, 0) is 23.9 Å². The highest BCUT2D eigenvalue weighted by atomic mass is 32.2. The van der Waals surface area contributed by atoms with Gasteiger partial charge in [-0.05, 0) is 78.5 Å². The Morgan fingerprint density at radius 2 is 1.69 bits per heavy atom. The predicted molar refractivity (Wildman–Crippen MR) is 186 cm³/mol. The molecule has 52 heavy (non-hydrogen) atoms. The number of halogens is 4. The summed E-state index contributed by atoms with van der Waals surface area (Å²) in [5, 5.41) is 9.28. The van der Waals surface area contributed by atoms with Crippen LogP contribution in [0.25, 0.3) is 10.8 Å². The van der Waals surface area contributed by atoms with Gasteiger partial charge in [-0.3, -0.25) is 14.9 Å². The van der Waals surface area contributed by atoms with E-state index in [2.05, 4.69) is 30.4 Å². The number of hydrogen-bond acceptors (Lipinski definition) is 11. The topological polar surface area (TPSA) is 171 Å². The number of nitrogens with zero attached hydrogens (tertiary/aromatic N) is 1.